The second-order valence-corrected chi connectivity index (χ2v) is 7.83. The van der Waals surface area contributed by atoms with E-state index in [1.54, 1.807) is 0 Å². The second-order valence-electron chi connectivity index (χ2n) is 7.83. The first-order valence-electron chi connectivity index (χ1n) is 10.3. The summed E-state index contributed by atoms with van der Waals surface area (Å²) in [5.41, 5.74) is 1.14. The van der Waals surface area contributed by atoms with Crippen LogP contribution in [0.5, 0.6) is 5.75 Å². The van der Waals surface area contributed by atoms with Gasteiger partial charge in [0.15, 0.2) is 5.96 Å². The predicted molar refractivity (Wildman–Crippen MR) is 127 cm³/mol. The summed E-state index contributed by atoms with van der Waals surface area (Å²) < 4.78 is 6.01. The molecule has 28 heavy (non-hydrogen) atoms. The fourth-order valence-corrected chi connectivity index (χ4v) is 3.31. The molecule has 1 heterocycles. The Morgan fingerprint density at radius 2 is 1.96 bits per heavy atom. The SMILES string of the molecule is CCNC(=NCc1ccccc1OCC1CC1)NCC1CN(C)CCN1C.I. The smallest absolute Gasteiger partial charge is 0.191 e. The van der Waals surface area contributed by atoms with Gasteiger partial charge in [0.05, 0.1) is 13.2 Å². The molecule has 158 valence electrons. The summed E-state index contributed by atoms with van der Waals surface area (Å²) in [6.45, 7) is 8.64. The summed E-state index contributed by atoms with van der Waals surface area (Å²) in [6, 6.07) is 8.76. The van der Waals surface area contributed by atoms with E-state index in [4.69, 9.17) is 9.73 Å². The zero-order chi connectivity index (χ0) is 19.1. The predicted octanol–water partition coefficient (Wildman–Crippen LogP) is 2.39. The van der Waals surface area contributed by atoms with Gasteiger partial charge < -0.3 is 20.3 Å². The number of ether oxygens (including phenoxy) is 1. The van der Waals surface area contributed by atoms with Crippen molar-refractivity contribution in [2.24, 2.45) is 10.9 Å². The van der Waals surface area contributed by atoms with E-state index in [-0.39, 0.29) is 24.0 Å². The third-order valence-corrected chi connectivity index (χ3v) is 5.38. The lowest BCUT2D eigenvalue weighted by Crippen LogP contribution is -2.55. The van der Waals surface area contributed by atoms with Crippen molar-refractivity contribution in [1.29, 1.82) is 0 Å². The van der Waals surface area contributed by atoms with Gasteiger partial charge in [-0.3, -0.25) is 4.90 Å². The molecule has 1 saturated heterocycles. The van der Waals surface area contributed by atoms with E-state index in [1.807, 2.05) is 6.07 Å². The van der Waals surface area contributed by atoms with E-state index in [2.05, 4.69) is 59.7 Å². The Morgan fingerprint density at radius 1 is 1.18 bits per heavy atom. The molecule has 0 amide bonds. The molecule has 1 saturated carbocycles. The molecule has 1 aromatic rings. The third-order valence-electron chi connectivity index (χ3n) is 5.38. The van der Waals surface area contributed by atoms with Gasteiger partial charge in [0.1, 0.15) is 5.75 Å². The van der Waals surface area contributed by atoms with Gasteiger partial charge in [-0.05, 0) is 45.8 Å². The number of rotatable bonds is 8. The van der Waals surface area contributed by atoms with Crippen LogP contribution in [0.25, 0.3) is 0 Å². The van der Waals surface area contributed by atoms with E-state index < -0.39 is 0 Å². The Bertz CT molecular complexity index is 623. The molecule has 1 aliphatic carbocycles. The zero-order valence-corrected chi connectivity index (χ0v) is 19.8. The van der Waals surface area contributed by atoms with Gasteiger partial charge in [-0.25, -0.2) is 4.99 Å². The van der Waals surface area contributed by atoms with Gasteiger partial charge >= 0.3 is 0 Å². The molecule has 0 aromatic heterocycles. The molecule has 1 aromatic carbocycles. The molecule has 0 bridgehead atoms. The summed E-state index contributed by atoms with van der Waals surface area (Å²) in [5.74, 6) is 2.60. The van der Waals surface area contributed by atoms with Crippen LogP contribution >= 0.6 is 24.0 Å². The quantitative estimate of drug-likeness (QED) is 0.326. The maximum absolute atomic E-state index is 6.01. The van der Waals surface area contributed by atoms with Crippen LogP contribution in [0.1, 0.15) is 25.3 Å². The van der Waals surface area contributed by atoms with E-state index in [9.17, 15) is 0 Å². The highest BCUT2D eigenvalue weighted by Crippen LogP contribution is 2.30. The molecular weight excluding hydrogens is 465 g/mol. The van der Waals surface area contributed by atoms with Gasteiger partial charge in [0.2, 0.25) is 0 Å². The lowest BCUT2D eigenvalue weighted by molar-refractivity contribution is 0.116. The summed E-state index contributed by atoms with van der Waals surface area (Å²) in [6.07, 6.45) is 2.61. The summed E-state index contributed by atoms with van der Waals surface area (Å²) >= 11 is 0. The number of para-hydroxylation sites is 1. The lowest BCUT2D eigenvalue weighted by Gasteiger charge is -2.37. The van der Waals surface area contributed by atoms with Crippen LogP contribution in [0.3, 0.4) is 0 Å². The van der Waals surface area contributed by atoms with Crippen molar-refractivity contribution < 1.29 is 4.74 Å². The van der Waals surface area contributed by atoms with Crippen molar-refractivity contribution in [1.82, 2.24) is 20.4 Å². The van der Waals surface area contributed by atoms with Crippen LogP contribution < -0.4 is 15.4 Å². The minimum absolute atomic E-state index is 0. The number of nitrogens with zero attached hydrogens (tertiary/aromatic N) is 3. The average molecular weight is 501 g/mol. The van der Waals surface area contributed by atoms with Crippen molar-refractivity contribution in [2.75, 3.05) is 53.4 Å². The van der Waals surface area contributed by atoms with Gasteiger partial charge in [0.25, 0.3) is 0 Å². The minimum Gasteiger partial charge on any atom is -0.493 e. The van der Waals surface area contributed by atoms with E-state index in [1.165, 1.54) is 12.8 Å². The molecule has 0 spiro atoms. The largest absolute Gasteiger partial charge is 0.493 e. The third kappa shape index (κ3) is 7.40. The number of guanidine groups is 1. The Kier molecular flexibility index (Phi) is 9.81. The Morgan fingerprint density at radius 3 is 2.71 bits per heavy atom. The first kappa shape index (κ1) is 23.2. The van der Waals surface area contributed by atoms with Crippen LogP contribution in [-0.4, -0.2) is 75.2 Å². The molecule has 2 aliphatic rings. The molecule has 3 rings (SSSR count). The van der Waals surface area contributed by atoms with Crippen LogP contribution in [-0.2, 0) is 6.54 Å². The highest BCUT2D eigenvalue weighted by atomic mass is 127. The van der Waals surface area contributed by atoms with Crippen molar-refractivity contribution >= 4 is 29.9 Å². The normalized spacial score (nSPS) is 21.1. The zero-order valence-electron chi connectivity index (χ0n) is 17.5. The summed E-state index contributed by atoms with van der Waals surface area (Å²) in [4.78, 5) is 9.62. The van der Waals surface area contributed by atoms with Crippen LogP contribution in [0, 0.1) is 5.92 Å². The van der Waals surface area contributed by atoms with Gasteiger partial charge in [-0.2, -0.15) is 0 Å². The molecule has 1 atom stereocenters. The maximum Gasteiger partial charge on any atom is 0.191 e. The number of benzene rings is 1. The van der Waals surface area contributed by atoms with Crippen molar-refractivity contribution in [3.8, 4) is 5.75 Å². The fraction of sp³-hybridized carbons (Fsp3) is 0.667. The highest BCUT2D eigenvalue weighted by molar-refractivity contribution is 14.0. The molecular formula is C21H36IN5O. The molecule has 1 unspecified atom stereocenters. The number of halogens is 1. The van der Waals surface area contributed by atoms with Crippen LogP contribution in [0.4, 0.5) is 0 Å². The monoisotopic (exact) mass is 501 g/mol. The number of hydrogen-bond donors (Lipinski definition) is 2. The summed E-state index contributed by atoms with van der Waals surface area (Å²) in [5, 5.41) is 6.89. The van der Waals surface area contributed by atoms with Gasteiger partial charge in [-0.1, -0.05) is 18.2 Å². The number of aliphatic imine (C=N–C) groups is 1. The standard InChI is InChI=1S/C21H35N5O.HI/c1-4-22-21(24-14-19-15-25(2)11-12-26(19)3)23-13-18-7-5-6-8-20(18)27-16-17-9-10-17;/h5-8,17,19H,4,9-16H2,1-3H3,(H2,22,23,24);1H. The van der Waals surface area contributed by atoms with Crippen molar-refractivity contribution in [3.63, 3.8) is 0 Å². The Labute approximate surface area is 187 Å². The topological polar surface area (TPSA) is 52.1 Å². The van der Waals surface area contributed by atoms with E-state index >= 15 is 0 Å². The molecule has 6 nitrogen and oxygen atoms in total. The first-order chi connectivity index (χ1) is 13.2. The summed E-state index contributed by atoms with van der Waals surface area (Å²) in [7, 11) is 4.40. The minimum atomic E-state index is 0. The molecule has 2 N–H and O–H groups in total. The van der Waals surface area contributed by atoms with Crippen LogP contribution in [0.2, 0.25) is 0 Å². The van der Waals surface area contributed by atoms with Crippen molar-refractivity contribution in [2.45, 2.75) is 32.4 Å². The number of piperazine rings is 1. The van der Waals surface area contributed by atoms with Gasteiger partial charge in [-0.15, -0.1) is 24.0 Å². The van der Waals surface area contributed by atoms with Crippen molar-refractivity contribution in [3.05, 3.63) is 29.8 Å². The number of likely N-dealkylation sites (N-methyl/N-ethyl adjacent to an activating group) is 2. The highest BCUT2D eigenvalue weighted by Gasteiger charge is 2.23. The number of nitrogens with one attached hydrogen (secondary N) is 2. The van der Waals surface area contributed by atoms with E-state index in [0.717, 1.165) is 62.5 Å². The van der Waals surface area contributed by atoms with Crippen LogP contribution in [0.15, 0.2) is 29.3 Å². The molecule has 7 heteroatoms. The van der Waals surface area contributed by atoms with E-state index in [0.29, 0.717) is 12.6 Å². The molecule has 1 aliphatic heterocycles. The Hall–Kier alpha value is -1.06. The van der Waals surface area contributed by atoms with Gasteiger partial charge in [0, 0.05) is 44.3 Å². The lowest BCUT2D eigenvalue weighted by atomic mass is 10.2. The Balaban J connectivity index is 0.00000280. The first-order valence-corrected chi connectivity index (χ1v) is 10.3. The molecule has 2 fully saturated rings. The number of hydrogen-bond acceptors (Lipinski definition) is 4. The second kappa shape index (κ2) is 11.8. The average Bonchev–Trinajstić information content (AvgIpc) is 3.50. The maximum atomic E-state index is 6.01. The fourth-order valence-electron chi connectivity index (χ4n) is 3.31. The molecule has 0 radical (unpaired) electrons.